The first kappa shape index (κ1) is 38.2. The number of ether oxygens (including phenoxy) is 3. The van der Waals surface area contributed by atoms with Gasteiger partial charge in [0.1, 0.15) is 24.5 Å². The minimum absolute atomic E-state index is 0.0631. The molecule has 0 bridgehead atoms. The largest absolute Gasteiger partial charge is 0.481 e. The third-order valence-corrected chi connectivity index (χ3v) is 12.2. The maximum atomic E-state index is 13.1. The number of hydrogen-bond donors (Lipinski definition) is 1. The van der Waals surface area contributed by atoms with E-state index in [4.69, 9.17) is 14.2 Å². The molecule has 6 heterocycles. The number of aromatic nitrogens is 3. The molecule has 13 nitrogen and oxygen atoms in total. The zero-order valence-corrected chi connectivity index (χ0v) is 33.5. The molecule has 6 aromatic rings. The summed E-state index contributed by atoms with van der Waals surface area (Å²) >= 11 is 0. The average molecular weight is 815 g/mol. The van der Waals surface area contributed by atoms with E-state index < -0.39 is 29.7 Å². The first-order chi connectivity index (χ1) is 29.8. The van der Waals surface area contributed by atoms with E-state index in [0.717, 1.165) is 82.5 Å². The van der Waals surface area contributed by atoms with Crippen molar-refractivity contribution in [3.8, 4) is 34.6 Å². The van der Waals surface area contributed by atoms with Gasteiger partial charge in [-0.25, -0.2) is 4.98 Å². The van der Waals surface area contributed by atoms with Crippen molar-refractivity contribution in [2.75, 3.05) is 24.6 Å². The molecule has 1 saturated carbocycles. The highest BCUT2D eigenvalue weighted by atomic mass is 16.5. The molecule has 1 unspecified atom stereocenters. The minimum Gasteiger partial charge on any atom is -0.481 e. The van der Waals surface area contributed by atoms with E-state index in [1.165, 1.54) is 17.5 Å². The van der Waals surface area contributed by atoms with Gasteiger partial charge in [-0.1, -0.05) is 30.0 Å². The van der Waals surface area contributed by atoms with Gasteiger partial charge in [-0.15, -0.1) is 0 Å². The van der Waals surface area contributed by atoms with Crippen LogP contribution in [-0.2, 0) is 21.4 Å². The van der Waals surface area contributed by atoms with Crippen LogP contribution in [-0.4, -0.2) is 87.1 Å². The molecule has 61 heavy (non-hydrogen) atoms. The first-order valence-electron chi connectivity index (χ1n) is 20.7. The summed E-state index contributed by atoms with van der Waals surface area (Å²) < 4.78 is 20.7. The van der Waals surface area contributed by atoms with Crippen molar-refractivity contribution in [3.63, 3.8) is 0 Å². The molecule has 4 amide bonds. The van der Waals surface area contributed by atoms with Gasteiger partial charge in [-0.05, 0) is 79.4 Å². The normalized spacial score (nSPS) is 20.3. The predicted octanol–water partition coefficient (Wildman–Crippen LogP) is 6.22. The maximum Gasteiger partial charge on any atom is 0.262 e. The number of amides is 4. The van der Waals surface area contributed by atoms with Crippen LogP contribution in [0.4, 0.5) is 5.69 Å². The molecule has 306 valence electrons. The van der Waals surface area contributed by atoms with Crippen molar-refractivity contribution in [1.82, 2.24) is 24.8 Å². The van der Waals surface area contributed by atoms with Crippen LogP contribution in [0.1, 0.15) is 64.8 Å². The van der Waals surface area contributed by atoms with E-state index in [9.17, 15) is 19.2 Å². The van der Waals surface area contributed by atoms with Gasteiger partial charge in [-0.3, -0.25) is 34.4 Å². The molecule has 3 fully saturated rings. The van der Waals surface area contributed by atoms with Crippen molar-refractivity contribution >= 4 is 51.1 Å². The molecule has 4 aliphatic rings. The van der Waals surface area contributed by atoms with Gasteiger partial charge in [0.05, 0.1) is 28.9 Å². The predicted molar refractivity (Wildman–Crippen MR) is 227 cm³/mol. The number of carbonyl (C=O) groups is 4. The molecular formula is C48H42N6O7. The summed E-state index contributed by atoms with van der Waals surface area (Å²) in [6.45, 7) is 1.85. The third-order valence-electron chi connectivity index (χ3n) is 12.2. The summed E-state index contributed by atoms with van der Waals surface area (Å²) in [6, 6.07) is 24.3. The molecule has 3 aliphatic heterocycles. The lowest BCUT2D eigenvalue weighted by Crippen LogP contribution is -2.54. The zero-order valence-electron chi connectivity index (χ0n) is 33.5. The van der Waals surface area contributed by atoms with Crippen LogP contribution in [0, 0.1) is 11.8 Å². The molecule has 3 aromatic heterocycles. The second-order valence-electron chi connectivity index (χ2n) is 16.0. The summed E-state index contributed by atoms with van der Waals surface area (Å²) in [6.07, 6.45) is 9.89. The van der Waals surface area contributed by atoms with Crippen molar-refractivity contribution in [2.24, 2.45) is 7.05 Å². The molecule has 0 spiro atoms. The second kappa shape index (κ2) is 15.9. The lowest BCUT2D eigenvalue weighted by atomic mass is 9.91. The molecule has 10 rings (SSSR count). The van der Waals surface area contributed by atoms with Crippen LogP contribution >= 0.6 is 0 Å². The number of anilines is 1. The Morgan fingerprint density at radius 1 is 0.787 bits per heavy atom. The number of nitrogens with zero attached hydrogens (tertiary/aromatic N) is 5. The smallest absolute Gasteiger partial charge is 0.262 e. The molecule has 1 aliphatic carbocycles. The van der Waals surface area contributed by atoms with Crippen LogP contribution in [0.5, 0.6) is 11.6 Å². The molecule has 1 N–H and O–H groups in total. The number of pyridine rings is 2. The van der Waals surface area contributed by atoms with E-state index in [0.29, 0.717) is 11.6 Å². The van der Waals surface area contributed by atoms with Crippen LogP contribution in [0.15, 0.2) is 97.5 Å². The Bertz CT molecular complexity index is 2790. The number of carbonyl (C=O) groups excluding carboxylic acids is 4. The zero-order chi connectivity index (χ0) is 41.6. The Morgan fingerprint density at radius 2 is 1.62 bits per heavy atom. The van der Waals surface area contributed by atoms with Gasteiger partial charge in [0.2, 0.25) is 17.7 Å². The molecule has 13 heteroatoms. The van der Waals surface area contributed by atoms with Gasteiger partial charge >= 0.3 is 0 Å². The summed E-state index contributed by atoms with van der Waals surface area (Å²) in [5.74, 6) is 5.03. The fraction of sp³-hybridized carbons (Fsp3) is 0.292. The van der Waals surface area contributed by atoms with E-state index in [1.807, 2.05) is 42.9 Å². The van der Waals surface area contributed by atoms with Crippen molar-refractivity contribution in [3.05, 3.63) is 114 Å². The number of fused-ring (bicyclic) bond motifs is 4. The monoisotopic (exact) mass is 814 g/mol. The number of hydrogen-bond acceptors (Lipinski definition) is 10. The fourth-order valence-electron chi connectivity index (χ4n) is 8.85. The van der Waals surface area contributed by atoms with E-state index in [2.05, 4.69) is 80.0 Å². The lowest BCUT2D eigenvalue weighted by Gasteiger charge is -2.40. The Hall–Kier alpha value is -7.04. The Labute approximate surface area is 351 Å². The number of imide groups is 2. The van der Waals surface area contributed by atoms with Crippen LogP contribution in [0.3, 0.4) is 0 Å². The highest BCUT2D eigenvalue weighted by molar-refractivity contribution is 6.23. The second-order valence-corrected chi connectivity index (χ2v) is 16.0. The Morgan fingerprint density at radius 3 is 2.44 bits per heavy atom. The number of piperidine rings is 2. The van der Waals surface area contributed by atoms with Crippen molar-refractivity contribution in [1.29, 1.82) is 0 Å². The molecule has 3 aromatic carbocycles. The number of rotatable bonds is 9. The average Bonchev–Trinajstić information content (AvgIpc) is 3.69. The van der Waals surface area contributed by atoms with Gasteiger partial charge in [-0.2, -0.15) is 0 Å². The number of benzene rings is 3. The summed E-state index contributed by atoms with van der Waals surface area (Å²) in [4.78, 5) is 62.3. The SMILES string of the molecule is Cn1c2ccncc2c2ccc(-c3ccc(OC4CC(OC5CCN(c6cccc(C#CCOc7ccc8c(c7)C(=O)N(C7CCC(=O)NC7=O)C8=O)c6)CC5)C4)nc3)cc21. The highest BCUT2D eigenvalue weighted by Crippen LogP contribution is 2.35. The minimum atomic E-state index is -1.02. The standard InChI is InChI=1S/C48H42N6O7/c1-52-41-15-18-49-28-40(41)37-10-7-30(23-43(37)52)31-8-14-45(50-27-31)61-36-24-35(25-36)60-33-16-19-53(20-17-33)32-6-2-4-29(22-32)5-3-21-59-34-9-11-38-39(26-34)48(58)54(47(38)57)42-12-13-44(55)51-46(42)56/h2,4,6-11,14-15,18,22-23,26-28,33,35-36,42H,12-13,16-17,19-21,24-25H2,1H3,(H,51,55,56). The van der Waals surface area contributed by atoms with Crippen LogP contribution < -0.4 is 19.7 Å². The molecule has 2 saturated heterocycles. The van der Waals surface area contributed by atoms with Crippen LogP contribution in [0.2, 0.25) is 0 Å². The van der Waals surface area contributed by atoms with Gasteiger partial charge in [0.25, 0.3) is 11.8 Å². The summed E-state index contributed by atoms with van der Waals surface area (Å²) in [5.41, 5.74) is 6.80. The highest BCUT2D eigenvalue weighted by Gasteiger charge is 2.44. The molecular weight excluding hydrogens is 773 g/mol. The summed E-state index contributed by atoms with van der Waals surface area (Å²) in [7, 11) is 2.09. The molecule has 0 radical (unpaired) electrons. The topological polar surface area (TPSA) is 145 Å². The molecule has 1 atom stereocenters. The number of aryl methyl sites for hydroxylation is 1. The fourth-order valence-corrected chi connectivity index (χ4v) is 8.85. The maximum absolute atomic E-state index is 13.1. The van der Waals surface area contributed by atoms with Crippen molar-refractivity contribution < 1.29 is 33.4 Å². The first-order valence-corrected chi connectivity index (χ1v) is 20.7. The quantitative estimate of drug-likeness (QED) is 0.132. The van der Waals surface area contributed by atoms with E-state index in [-0.39, 0.29) is 48.9 Å². The summed E-state index contributed by atoms with van der Waals surface area (Å²) in [5, 5.41) is 4.55. The van der Waals surface area contributed by atoms with Gasteiger partial charge in [0, 0.05) is 97.2 Å². The van der Waals surface area contributed by atoms with E-state index in [1.54, 1.807) is 6.07 Å². The van der Waals surface area contributed by atoms with Gasteiger partial charge in [0.15, 0.2) is 0 Å². The van der Waals surface area contributed by atoms with Crippen LogP contribution in [0.25, 0.3) is 32.9 Å². The van der Waals surface area contributed by atoms with Crippen molar-refractivity contribution in [2.45, 2.75) is 62.9 Å². The third kappa shape index (κ3) is 7.44. The van der Waals surface area contributed by atoms with Gasteiger partial charge < -0.3 is 23.7 Å². The number of nitrogens with one attached hydrogen (secondary N) is 1. The van der Waals surface area contributed by atoms with E-state index >= 15 is 0 Å². The Balaban J connectivity index is 0.666. The lowest BCUT2D eigenvalue weighted by molar-refractivity contribution is -0.136. The Kier molecular flexibility index (Phi) is 9.92.